The van der Waals surface area contributed by atoms with Gasteiger partial charge in [-0.1, -0.05) is 6.42 Å². The Bertz CT molecular complexity index is 1330. The summed E-state index contributed by atoms with van der Waals surface area (Å²) in [7, 11) is 0. The van der Waals surface area contributed by atoms with E-state index >= 15 is 4.39 Å². The number of ether oxygens (including phenoxy) is 2. The van der Waals surface area contributed by atoms with Crippen molar-refractivity contribution in [3.8, 4) is 0 Å². The molecule has 1 aliphatic heterocycles. The zero-order valence-electron chi connectivity index (χ0n) is 22.9. The molecule has 2 aromatic heterocycles. The molecular weight excluding hydrogens is 489 g/mol. The lowest BCUT2D eigenvalue weighted by Gasteiger charge is -2.33. The summed E-state index contributed by atoms with van der Waals surface area (Å²) in [5.41, 5.74) is 1.59. The van der Waals surface area contributed by atoms with Crippen LogP contribution in [-0.2, 0) is 9.47 Å². The van der Waals surface area contributed by atoms with Gasteiger partial charge in [0.15, 0.2) is 5.82 Å². The fourth-order valence-electron chi connectivity index (χ4n) is 6.38. The molecular formula is C29H38FN3O5. The Kier molecular flexibility index (Phi) is 6.90. The van der Waals surface area contributed by atoms with E-state index in [2.05, 4.69) is 10.2 Å². The van der Waals surface area contributed by atoms with Crippen molar-refractivity contribution in [2.75, 3.05) is 24.6 Å². The summed E-state index contributed by atoms with van der Waals surface area (Å²) in [5, 5.41) is 3.07. The molecule has 2 saturated carbocycles. The van der Waals surface area contributed by atoms with Crippen molar-refractivity contribution in [1.82, 2.24) is 9.72 Å². The first kappa shape index (κ1) is 26.5. The zero-order chi connectivity index (χ0) is 27.4. The van der Waals surface area contributed by atoms with E-state index in [-0.39, 0.29) is 30.0 Å². The molecule has 0 unspecified atom stereocenters. The van der Waals surface area contributed by atoms with Crippen LogP contribution in [0.3, 0.4) is 0 Å². The van der Waals surface area contributed by atoms with Crippen LogP contribution in [0.1, 0.15) is 87.2 Å². The third-order valence-electron chi connectivity index (χ3n) is 8.07. The van der Waals surface area contributed by atoms with Crippen molar-refractivity contribution in [2.45, 2.75) is 84.3 Å². The Hall–Kier alpha value is -3.10. The quantitative estimate of drug-likeness (QED) is 0.555. The number of anilines is 1. The molecule has 2 aromatic rings. The van der Waals surface area contributed by atoms with Crippen molar-refractivity contribution in [2.24, 2.45) is 11.8 Å². The van der Waals surface area contributed by atoms with Crippen molar-refractivity contribution in [3.05, 3.63) is 45.1 Å². The summed E-state index contributed by atoms with van der Waals surface area (Å²) >= 11 is 0. The van der Waals surface area contributed by atoms with Crippen molar-refractivity contribution >= 4 is 23.3 Å². The van der Waals surface area contributed by atoms with Crippen LogP contribution in [0.25, 0.3) is 5.52 Å². The van der Waals surface area contributed by atoms with E-state index < -0.39 is 29.0 Å². The molecule has 3 fully saturated rings. The number of nitrogens with one attached hydrogen (secondary N) is 1. The SMILES string of the molecule is CCOC(=O)c1cc(C2CC2)c2c(C)c(N3C[C@H]4CCC[C@@H](NC(=O)OC(C)(C)C)[C@H]4C3)c(F)cn2c1=O. The molecule has 1 amide bonds. The van der Waals surface area contributed by atoms with E-state index in [9.17, 15) is 14.4 Å². The van der Waals surface area contributed by atoms with Crippen LogP contribution in [-0.4, -0.2) is 47.8 Å². The van der Waals surface area contributed by atoms with Gasteiger partial charge >= 0.3 is 12.1 Å². The second kappa shape index (κ2) is 9.89. The molecule has 9 heteroatoms. The molecule has 3 aliphatic rings. The molecule has 38 heavy (non-hydrogen) atoms. The molecule has 0 radical (unpaired) electrons. The molecule has 0 bridgehead atoms. The molecule has 5 rings (SSSR count). The number of carbonyl (C=O) groups excluding carboxylic acids is 2. The monoisotopic (exact) mass is 527 g/mol. The maximum Gasteiger partial charge on any atom is 0.407 e. The number of amides is 1. The molecule has 8 nitrogen and oxygen atoms in total. The van der Waals surface area contributed by atoms with E-state index in [0.29, 0.717) is 35.8 Å². The van der Waals surface area contributed by atoms with Crippen LogP contribution in [0.5, 0.6) is 0 Å². The first-order chi connectivity index (χ1) is 18.0. The number of hydrogen-bond donors (Lipinski definition) is 1. The minimum Gasteiger partial charge on any atom is -0.462 e. The van der Waals surface area contributed by atoms with E-state index in [4.69, 9.17) is 9.47 Å². The smallest absolute Gasteiger partial charge is 0.407 e. The fourth-order valence-corrected chi connectivity index (χ4v) is 6.38. The predicted octanol–water partition coefficient (Wildman–Crippen LogP) is 4.93. The molecule has 0 spiro atoms. The van der Waals surface area contributed by atoms with Crippen molar-refractivity contribution < 1.29 is 23.5 Å². The largest absolute Gasteiger partial charge is 0.462 e. The highest BCUT2D eigenvalue weighted by Crippen LogP contribution is 2.45. The Morgan fingerprint density at radius 2 is 1.89 bits per heavy atom. The van der Waals surface area contributed by atoms with Gasteiger partial charge in [-0.25, -0.2) is 14.0 Å². The minimum atomic E-state index is -0.678. The lowest BCUT2D eigenvalue weighted by molar-refractivity contribution is 0.0459. The maximum atomic E-state index is 15.8. The number of esters is 1. The Balaban J connectivity index is 1.49. The second-order valence-electron chi connectivity index (χ2n) is 12.0. The van der Waals surface area contributed by atoms with Gasteiger partial charge in [0.1, 0.15) is 11.2 Å². The van der Waals surface area contributed by atoms with E-state index in [1.165, 1.54) is 10.6 Å². The normalized spacial score (nSPS) is 23.3. The topological polar surface area (TPSA) is 89.3 Å². The third kappa shape index (κ3) is 4.99. The van der Waals surface area contributed by atoms with E-state index in [0.717, 1.165) is 37.7 Å². The lowest BCUT2D eigenvalue weighted by Crippen LogP contribution is -2.47. The van der Waals surface area contributed by atoms with E-state index in [1.54, 1.807) is 13.0 Å². The maximum absolute atomic E-state index is 15.8. The van der Waals surface area contributed by atoms with Gasteiger partial charge in [-0.3, -0.25) is 9.20 Å². The highest BCUT2D eigenvalue weighted by molar-refractivity contribution is 5.90. The first-order valence-electron chi connectivity index (χ1n) is 13.8. The molecule has 1 saturated heterocycles. The van der Waals surface area contributed by atoms with Gasteiger partial charge in [0.05, 0.1) is 24.0 Å². The molecule has 206 valence electrons. The Labute approximate surface area is 222 Å². The number of halogens is 1. The van der Waals surface area contributed by atoms with Crippen LogP contribution in [0.4, 0.5) is 14.9 Å². The number of rotatable bonds is 5. The summed E-state index contributed by atoms with van der Waals surface area (Å²) in [6.45, 7) is 10.5. The van der Waals surface area contributed by atoms with Gasteiger partial charge in [-0.05, 0) is 89.3 Å². The van der Waals surface area contributed by atoms with Gasteiger partial charge in [-0.2, -0.15) is 0 Å². The van der Waals surface area contributed by atoms with Gasteiger partial charge in [-0.15, -0.1) is 0 Å². The summed E-state index contributed by atoms with van der Waals surface area (Å²) < 4.78 is 27.7. The standard InChI is InChI=1S/C29H38FN3O5/c1-6-37-27(35)20-12-19(17-10-11-17)24-16(2)25(22(30)15-33(24)26(20)34)32-13-18-8-7-9-23(21(18)14-32)31-28(36)38-29(3,4)5/h12,15,17-18,21,23H,6-11,13-14H2,1-5H3,(H,31,36)/t18-,21+,23-/m1/s1. The number of aryl methyl sites for hydroxylation is 1. The third-order valence-corrected chi connectivity index (χ3v) is 8.07. The highest BCUT2D eigenvalue weighted by atomic mass is 19.1. The number of aromatic nitrogens is 1. The van der Waals surface area contributed by atoms with Gasteiger partial charge < -0.3 is 19.7 Å². The summed E-state index contributed by atoms with van der Waals surface area (Å²) in [6.07, 6.45) is 5.63. The van der Waals surface area contributed by atoms with Crippen LogP contribution in [0, 0.1) is 24.6 Å². The molecule has 1 N–H and O–H groups in total. The first-order valence-corrected chi connectivity index (χ1v) is 13.8. The summed E-state index contributed by atoms with van der Waals surface area (Å²) in [6, 6.07) is 1.63. The number of carbonyl (C=O) groups is 2. The van der Waals surface area contributed by atoms with Gasteiger partial charge in [0.2, 0.25) is 0 Å². The van der Waals surface area contributed by atoms with Crippen molar-refractivity contribution in [1.29, 1.82) is 0 Å². The molecule has 3 heterocycles. The summed E-state index contributed by atoms with van der Waals surface area (Å²) in [5.74, 6) is -0.421. The summed E-state index contributed by atoms with van der Waals surface area (Å²) in [4.78, 5) is 40.3. The number of fused-ring (bicyclic) bond motifs is 2. The number of pyridine rings is 2. The molecule has 0 aromatic carbocycles. The van der Waals surface area contributed by atoms with Crippen LogP contribution < -0.4 is 15.8 Å². The second-order valence-corrected chi connectivity index (χ2v) is 12.0. The highest BCUT2D eigenvalue weighted by Gasteiger charge is 2.42. The van der Waals surface area contributed by atoms with E-state index in [1.807, 2.05) is 27.7 Å². The molecule has 2 aliphatic carbocycles. The van der Waals surface area contributed by atoms with Crippen LogP contribution in [0.2, 0.25) is 0 Å². The van der Waals surface area contributed by atoms with Crippen molar-refractivity contribution in [3.63, 3.8) is 0 Å². The number of nitrogens with zero attached hydrogens (tertiary/aromatic N) is 2. The fraction of sp³-hybridized carbons (Fsp3) is 0.621. The van der Waals surface area contributed by atoms with Gasteiger partial charge in [0.25, 0.3) is 5.56 Å². The number of hydrogen-bond acceptors (Lipinski definition) is 6. The zero-order valence-corrected chi connectivity index (χ0v) is 22.9. The van der Waals surface area contributed by atoms with Crippen LogP contribution in [0.15, 0.2) is 17.1 Å². The average molecular weight is 528 g/mol. The average Bonchev–Trinajstić information content (AvgIpc) is 3.57. The molecule has 3 atom stereocenters. The Morgan fingerprint density at radius 3 is 2.55 bits per heavy atom. The lowest BCUT2D eigenvalue weighted by atomic mass is 9.78. The van der Waals surface area contributed by atoms with Crippen LogP contribution >= 0.6 is 0 Å². The Morgan fingerprint density at radius 1 is 1.16 bits per heavy atom. The minimum absolute atomic E-state index is 0.0331. The predicted molar refractivity (Wildman–Crippen MR) is 142 cm³/mol. The van der Waals surface area contributed by atoms with Gasteiger partial charge in [0, 0.05) is 25.0 Å². The number of alkyl carbamates (subject to hydrolysis) is 1.